The highest BCUT2D eigenvalue weighted by Crippen LogP contribution is 2.28. The number of aryl methyl sites for hydroxylation is 1. The summed E-state index contributed by atoms with van der Waals surface area (Å²) in [5, 5.41) is 5.69. The topological polar surface area (TPSA) is 43.8 Å². The number of benzene rings is 2. The van der Waals surface area contributed by atoms with Crippen molar-refractivity contribution in [3.63, 3.8) is 0 Å². The lowest BCUT2D eigenvalue weighted by Gasteiger charge is -2.16. The van der Waals surface area contributed by atoms with Crippen molar-refractivity contribution in [3.05, 3.63) is 65.7 Å². The van der Waals surface area contributed by atoms with E-state index in [0.717, 1.165) is 23.2 Å². The van der Waals surface area contributed by atoms with Gasteiger partial charge in [0.25, 0.3) is 0 Å². The third-order valence-corrected chi connectivity index (χ3v) is 3.61. The van der Waals surface area contributed by atoms with Crippen LogP contribution in [0.1, 0.15) is 24.2 Å². The monoisotopic (exact) mass is 269 g/mol. The van der Waals surface area contributed by atoms with E-state index in [9.17, 15) is 4.39 Å². The second-order valence-electron chi connectivity index (χ2n) is 4.73. The summed E-state index contributed by atoms with van der Waals surface area (Å²) in [5.41, 5.74) is 8.22. The van der Waals surface area contributed by atoms with Crippen LogP contribution in [0.25, 0.3) is 10.8 Å². The molecular weight excluding hydrogens is 253 g/mol. The lowest BCUT2D eigenvalue weighted by Crippen LogP contribution is -2.17. The third-order valence-electron chi connectivity index (χ3n) is 3.61. The first-order chi connectivity index (χ1) is 9.72. The lowest BCUT2D eigenvalue weighted by atomic mass is 9.97. The zero-order valence-electron chi connectivity index (χ0n) is 11.3. The van der Waals surface area contributed by atoms with Crippen LogP contribution in [-0.2, 0) is 6.54 Å². The molecule has 0 aliphatic carbocycles. The van der Waals surface area contributed by atoms with Crippen LogP contribution in [0.3, 0.4) is 0 Å². The predicted octanol–water partition coefficient (Wildman–Crippen LogP) is 3.24. The predicted molar refractivity (Wildman–Crippen MR) is 77.8 cm³/mol. The van der Waals surface area contributed by atoms with Crippen molar-refractivity contribution in [2.75, 3.05) is 0 Å². The van der Waals surface area contributed by atoms with E-state index >= 15 is 0 Å². The number of fused-ring (bicyclic) bond motifs is 1. The summed E-state index contributed by atoms with van der Waals surface area (Å²) >= 11 is 0. The fourth-order valence-electron chi connectivity index (χ4n) is 2.59. The SMILES string of the molecule is CCn1nccc1C(N)c1ccc(F)c2ccccc12. The van der Waals surface area contributed by atoms with Crippen molar-refractivity contribution in [3.8, 4) is 0 Å². The fourth-order valence-corrected chi connectivity index (χ4v) is 2.59. The van der Waals surface area contributed by atoms with Gasteiger partial charge in [0.1, 0.15) is 5.82 Å². The van der Waals surface area contributed by atoms with E-state index in [0.29, 0.717) is 5.39 Å². The van der Waals surface area contributed by atoms with E-state index in [-0.39, 0.29) is 11.9 Å². The summed E-state index contributed by atoms with van der Waals surface area (Å²) in [4.78, 5) is 0. The average Bonchev–Trinajstić information content (AvgIpc) is 2.96. The molecule has 102 valence electrons. The largest absolute Gasteiger partial charge is 0.319 e. The van der Waals surface area contributed by atoms with Crippen molar-refractivity contribution in [2.45, 2.75) is 19.5 Å². The maximum Gasteiger partial charge on any atom is 0.131 e. The number of rotatable bonds is 3. The summed E-state index contributed by atoms with van der Waals surface area (Å²) < 4.78 is 15.7. The second kappa shape index (κ2) is 5.06. The van der Waals surface area contributed by atoms with E-state index in [1.165, 1.54) is 6.07 Å². The normalized spacial score (nSPS) is 12.8. The second-order valence-corrected chi connectivity index (χ2v) is 4.73. The van der Waals surface area contributed by atoms with Gasteiger partial charge in [-0.25, -0.2) is 4.39 Å². The van der Waals surface area contributed by atoms with Crippen molar-refractivity contribution < 1.29 is 4.39 Å². The van der Waals surface area contributed by atoms with Crippen LogP contribution in [0.15, 0.2) is 48.7 Å². The number of hydrogen-bond donors (Lipinski definition) is 1. The average molecular weight is 269 g/mol. The highest BCUT2D eigenvalue weighted by molar-refractivity contribution is 5.87. The minimum atomic E-state index is -0.317. The first-order valence-corrected chi connectivity index (χ1v) is 6.66. The van der Waals surface area contributed by atoms with Gasteiger partial charge < -0.3 is 5.73 Å². The molecule has 0 fully saturated rings. The molecule has 0 bridgehead atoms. The molecule has 0 saturated heterocycles. The molecule has 1 aromatic heterocycles. The number of nitrogens with zero attached hydrogens (tertiary/aromatic N) is 2. The van der Waals surface area contributed by atoms with Crippen LogP contribution in [0.2, 0.25) is 0 Å². The number of halogens is 1. The Labute approximate surface area is 116 Å². The van der Waals surface area contributed by atoms with Crippen LogP contribution in [0.4, 0.5) is 4.39 Å². The van der Waals surface area contributed by atoms with Gasteiger partial charge in [-0.05, 0) is 30.0 Å². The van der Waals surface area contributed by atoms with Crippen LogP contribution in [0, 0.1) is 5.82 Å². The maximum atomic E-state index is 13.9. The van der Waals surface area contributed by atoms with Gasteiger partial charge in [0.15, 0.2) is 0 Å². The van der Waals surface area contributed by atoms with Gasteiger partial charge in [-0.15, -0.1) is 0 Å². The smallest absolute Gasteiger partial charge is 0.131 e. The Bertz CT molecular complexity index is 748. The van der Waals surface area contributed by atoms with Crippen LogP contribution < -0.4 is 5.73 Å². The van der Waals surface area contributed by atoms with Gasteiger partial charge in [-0.2, -0.15) is 5.10 Å². The molecule has 0 aliphatic rings. The first-order valence-electron chi connectivity index (χ1n) is 6.66. The minimum Gasteiger partial charge on any atom is -0.319 e. The Hall–Kier alpha value is -2.20. The van der Waals surface area contributed by atoms with E-state index in [4.69, 9.17) is 5.73 Å². The van der Waals surface area contributed by atoms with Gasteiger partial charge in [0, 0.05) is 18.1 Å². The zero-order valence-corrected chi connectivity index (χ0v) is 11.3. The molecule has 1 heterocycles. The molecule has 2 aromatic carbocycles. The van der Waals surface area contributed by atoms with Crippen LogP contribution in [0.5, 0.6) is 0 Å². The molecule has 3 aromatic rings. The summed E-state index contributed by atoms with van der Waals surface area (Å²) in [5.74, 6) is -0.222. The molecule has 0 aliphatic heterocycles. The molecule has 2 N–H and O–H groups in total. The van der Waals surface area contributed by atoms with E-state index in [1.807, 2.05) is 35.9 Å². The summed E-state index contributed by atoms with van der Waals surface area (Å²) in [6.07, 6.45) is 1.74. The standard InChI is InChI=1S/C16H16FN3/c1-2-20-15(9-10-19-20)16(18)13-7-8-14(17)12-6-4-3-5-11(12)13/h3-10,16H,2,18H2,1H3. The Kier molecular flexibility index (Phi) is 3.24. The maximum absolute atomic E-state index is 13.9. The lowest BCUT2D eigenvalue weighted by molar-refractivity contribution is 0.601. The zero-order chi connectivity index (χ0) is 14.1. The van der Waals surface area contributed by atoms with Crippen LogP contribution in [-0.4, -0.2) is 9.78 Å². The molecule has 3 nitrogen and oxygen atoms in total. The summed E-state index contributed by atoms with van der Waals surface area (Å²) in [6.45, 7) is 2.78. The Balaban J connectivity index is 2.17. The molecule has 0 spiro atoms. The number of hydrogen-bond acceptors (Lipinski definition) is 2. The van der Waals surface area contributed by atoms with Gasteiger partial charge in [-0.1, -0.05) is 30.3 Å². The van der Waals surface area contributed by atoms with Gasteiger partial charge in [0.05, 0.1) is 11.7 Å². The van der Waals surface area contributed by atoms with Gasteiger partial charge in [-0.3, -0.25) is 4.68 Å². The van der Waals surface area contributed by atoms with Crippen molar-refractivity contribution in [1.29, 1.82) is 0 Å². The van der Waals surface area contributed by atoms with E-state index < -0.39 is 0 Å². The van der Waals surface area contributed by atoms with Gasteiger partial charge >= 0.3 is 0 Å². The number of aromatic nitrogens is 2. The van der Waals surface area contributed by atoms with Crippen molar-refractivity contribution >= 4 is 10.8 Å². The van der Waals surface area contributed by atoms with Crippen molar-refractivity contribution in [1.82, 2.24) is 9.78 Å². The molecular formula is C16H16FN3. The molecule has 1 atom stereocenters. The van der Waals surface area contributed by atoms with E-state index in [2.05, 4.69) is 5.10 Å². The number of nitrogens with two attached hydrogens (primary N) is 1. The quantitative estimate of drug-likeness (QED) is 0.793. The highest BCUT2D eigenvalue weighted by Gasteiger charge is 2.17. The minimum absolute atomic E-state index is 0.222. The molecule has 0 radical (unpaired) electrons. The highest BCUT2D eigenvalue weighted by atomic mass is 19.1. The molecule has 3 rings (SSSR count). The third kappa shape index (κ3) is 1.98. The molecule has 4 heteroatoms. The molecule has 0 saturated carbocycles. The Morgan fingerprint density at radius 2 is 1.90 bits per heavy atom. The van der Waals surface area contributed by atoms with Gasteiger partial charge in [0.2, 0.25) is 0 Å². The summed E-state index contributed by atoms with van der Waals surface area (Å²) in [6, 6.07) is 12.2. The molecule has 1 unspecified atom stereocenters. The Morgan fingerprint density at radius 3 is 2.65 bits per heavy atom. The van der Waals surface area contributed by atoms with E-state index in [1.54, 1.807) is 18.3 Å². The molecule has 0 amide bonds. The molecule has 20 heavy (non-hydrogen) atoms. The Morgan fingerprint density at radius 1 is 1.15 bits per heavy atom. The van der Waals surface area contributed by atoms with Crippen LogP contribution >= 0.6 is 0 Å². The fraction of sp³-hybridized carbons (Fsp3) is 0.188. The summed E-state index contributed by atoms with van der Waals surface area (Å²) in [7, 11) is 0. The first kappa shape index (κ1) is 12.8. The van der Waals surface area contributed by atoms with Crippen molar-refractivity contribution in [2.24, 2.45) is 5.73 Å².